The Morgan fingerprint density at radius 3 is 2.96 bits per heavy atom. The van der Waals surface area contributed by atoms with Gasteiger partial charge in [0.1, 0.15) is 0 Å². The topological polar surface area (TPSA) is 102 Å². The molecule has 0 amide bonds. The molecular weight excluding hydrogens is 292 g/mol. The Hall–Kier alpha value is -2.41. The predicted molar refractivity (Wildman–Crippen MR) is 88.9 cm³/mol. The van der Waals surface area contributed by atoms with Crippen molar-refractivity contribution in [3.63, 3.8) is 0 Å². The number of hydrogen-bond donors (Lipinski definition) is 3. The lowest BCUT2D eigenvalue weighted by molar-refractivity contribution is 0.244. The molecule has 23 heavy (non-hydrogen) atoms. The van der Waals surface area contributed by atoms with Gasteiger partial charge in [0, 0.05) is 18.6 Å². The van der Waals surface area contributed by atoms with E-state index in [0.717, 1.165) is 30.4 Å². The molecule has 0 bridgehead atoms. The Balaban J connectivity index is 1.70. The van der Waals surface area contributed by atoms with Gasteiger partial charge < -0.3 is 20.7 Å². The molecule has 0 saturated heterocycles. The lowest BCUT2D eigenvalue weighted by Gasteiger charge is -2.14. The highest BCUT2D eigenvalue weighted by atomic mass is 16.3. The van der Waals surface area contributed by atoms with Gasteiger partial charge in [-0.3, -0.25) is 0 Å². The first-order chi connectivity index (χ1) is 11.2. The lowest BCUT2D eigenvalue weighted by Crippen LogP contribution is -2.16. The zero-order chi connectivity index (χ0) is 15.8. The van der Waals surface area contributed by atoms with E-state index in [9.17, 15) is 5.11 Å². The number of nitrogens with one attached hydrogen (secondary N) is 1. The van der Waals surface area contributed by atoms with Crippen LogP contribution >= 0.6 is 0 Å². The molecule has 0 aliphatic heterocycles. The number of nitrogens with zero attached hydrogens (tertiary/aromatic N) is 4. The predicted octanol–water partition coefficient (Wildman–Crippen LogP) is 1.65. The van der Waals surface area contributed by atoms with E-state index < -0.39 is 0 Å². The number of nitrogens with two attached hydrogens (primary N) is 1. The third-order valence-corrected chi connectivity index (χ3v) is 4.52. The summed E-state index contributed by atoms with van der Waals surface area (Å²) in [6.07, 6.45) is 13.2. The second kappa shape index (κ2) is 5.66. The molecule has 2 aromatic rings. The number of aliphatic hydroxyl groups excluding tert-OH is 1. The number of imidazole rings is 1. The number of anilines is 2. The molecule has 7 nitrogen and oxygen atoms in total. The van der Waals surface area contributed by atoms with Crippen molar-refractivity contribution in [3.8, 4) is 0 Å². The molecule has 0 saturated carbocycles. The van der Waals surface area contributed by atoms with E-state index in [1.54, 1.807) is 6.33 Å². The number of aromatic nitrogens is 4. The summed E-state index contributed by atoms with van der Waals surface area (Å²) in [5, 5.41) is 12.7. The Labute approximate surface area is 133 Å². The van der Waals surface area contributed by atoms with Crippen LogP contribution in [0.15, 0.2) is 30.6 Å². The Kier molecular flexibility index (Phi) is 3.49. The Bertz CT molecular complexity index is 780. The van der Waals surface area contributed by atoms with Crippen LogP contribution in [-0.2, 0) is 0 Å². The number of fused-ring (bicyclic) bond motifs is 1. The summed E-state index contributed by atoms with van der Waals surface area (Å²) >= 11 is 0. The third kappa shape index (κ3) is 2.57. The standard InChI is InChI=1S/C16H20N6O/c17-16-20-14(19-11-3-1-2-4-11)13-15(21-16)22(9-18-13)12-6-5-10(7-12)8-23/h1,3,5-6,9-12,23H,2,4,7-8H2,(H3,17,19,20,21)/t10-,11?,12+/m1/s1. The fourth-order valence-corrected chi connectivity index (χ4v) is 3.30. The van der Waals surface area contributed by atoms with Crippen LogP contribution in [0.4, 0.5) is 11.8 Å². The van der Waals surface area contributed by atoms with Gasteiger partial charge in [0.15, 0.2) is 17.0 Å². The first kappa shape index (κ1) is 14.2. The van der Waals surface area contributed by atoms with Gasteiger partial charge in [-0.25, -0.2) is 4.98 Å². The SMILES string of the molecule is Nc1nc(NC2C=CCC2)c2ncn([C@H]3C=C[C@@H](CO)C3)c2n1. The first-order valence-corrected chi connectivity index (χ1v) is 7.97. The van der Waals surface area contributed by atoms with Crippen LogP contribution in [0, 0.1) is 5.92 Å². The summed E-state index contributed by atoms with van der Waals surface area (Å²) in [5.74, 6) is 1.12. The summed E-state index contributed by atoms with van der Waals surface area (Å²) in [7, 11) is 0. The Morgan fingerprint density at radius 2 is 2.22 bits per heavy atom. The zero-order valence-corrected chi connectivity index (χ0v) is 12.8. The van der Waals surface area contributed by atoms with Crippen LogP contribution in [0.25, 0.3) is 11.2 Å². The number of nitrogen functional groups attached to an aromatic ring is 1. The maximum atomic E-state index is 9.30. The molecule has 1 unspecified atom stereocenters. The second-order valence-corrected chi connectivity index (χ2v) is 6.14. The van der Waals surface area contributed by atoms with E-state index in [-0.39, 0.29) is 30.6 Å². The lowest BCUT2D eigenvalue weighted by atomic mass is 10.1. The smallest absolute Gasteiger partial charge is 0.224 e. The fraction of sp³-hybridized carbons (Fsp3) is 0.438. The molecule has 2 heterocycles. The van der Waals surface area contributed by atoms with Crippen molar-refractivity contribution in [2.45, 2.75) is 31.3 Å². The summed E-state index contributed by atoms with van der Waals surface area (Å²) in [4.78, 5) is 13.2. The minimum Gasteiger partial charge on any atom is -0.396 e. The van der Waals surface area contributed by atoms with Crippen LogP contribution in [0.3, 0.4) is 0 Å². The highest BCUT2D eigenvalue weighted by Crippen LogP contribution is 2.31. The van der Waals surface area contributed by atoms with Crippen molar-refractivity contribution in [2.24, 2.45) is 5.92 Å². The van der Waals surface area contributed by atoms with E-state index in [4.69, 9.17) is 5.73 Å². The quantitative estimate of drug-likeness (QED) is 0.742. The van der Waals surface area contributed by atoms with Gasteiger partial charge in [0.25, 0.3) is 0 Å². The zero-order valence-electron chi connectivity index (χ0n) is 12.8. The fourth-order valence-electron chi connectivity index (χ4n) is 3.30. The van der Waals surface area contributed by atoms with Gasteiger partial charge in [0.2, 0.25) is 5.95 Å². The van der Waals surface area contributed by atoms with Gasteiger partial charge in [0.05, 0.1) is 12.4 Å². The summed E-state index contributed by atoms with van der Waals surface area (Å²) in [6, 6.07) is 0.411. The second-order valence-electron chi connectivity index (χ2n) is 6.14. The molecule has 2 aliphatic carbocycles. The minimum absolute atomic E-state index is 0.144. The summed E-state index contributed by atoms with van der Waals surface area (Å²) < 4.78 is 2.01. The highest BCUT2D eigenvalue weighted by Gasteiger charge is 2.23. The molecule has 0 spiro atoms. The van der Waals surface area contributed by atoms with Crippen LogP contribution in [0.2, 0.25) is 0 Å². The van der Waals surface area contributed by atoms with Gasteiger partial charge in [-0.05, 0) is 19.3 Å². The average molecular weight is 312 g/mol. The molecule has 0 fully saturated rings. The van der Waals surface area contributed by atoms with Crippen molar-refractivity contribution >= 4 is 22.9 Å². The molecule has 120 valence electrons. The van der Waals surface area contributed by atoms with Gasteiger partial charge in [-0.15, -0.1) is 0 Å². The summed E-state index contributed by atoms with van der Waals surface area (Å²) in [6.45, 7) is 0.164. The third-order valence-electron chi connectivity index (χ3n) is 4.52. The Morgan fingerprint density at radius 1 is 1.30 bits per heavy atom. The molecule has 3 atom stereocenters. The van der Waals surface area contributed by atoms with Crippen molar-refractivity contribution in [2.75, 3.05) is 17.7 Å². The van der Waals surface area contributed by atoms with Gasteiger partial charge in [-0.2, -0.15) is 9.97 Å². The van der Waals surface area contributed by atoms with E-state index in [1.165, 1.54) is 0 Å². The van der Waals surface area contributed by atoms with Gasteiger partial charge >= 0.3 is 0 Å². The van der Waals surface area contributed by atoms with Crippen LogP contribution < -0.4 is 11.1 Å². The number of rotatable bonds is 4. The molecule has 2 aromatic heterocycles. The molecule has 0 radical (unpaired) electrons. The highest BCUT2D eigenvalue weighted by molar-refractivity contribution is 5.84. The molecule has 7 heteroatoms. The van der Waals surface area contributed by atoms with E-state index in [0.29, 0.717) is 5.82 Å². The maximum absolute atomic E-state index is 9.30. The summed E-state index contributed by atoms with van der Waals surface area (Å²) in [5.41, 5.74) is 7.37. The van der Waals surface area contributed by atoms with Crippen LogP contribution in [0.1, 0.15) is 25.3 Å². The van der Waals surface area contributed by atoms with Gasteiger partial charge in [-0.1, -0.05) is 24.3 Å². The number of allylic oxidation sites excluding steroid dienone is 2. The largest absolute Gasteiger partial charge is 0.396 e. The van der Waals surface area contributed by atoms with E-state index >= 15 is 0 Å². The molecule has 0 aromatic carbocycles. The normalized spacial score (nSPS) is 26.4. The monoisotopic (exact) mass is 312 g/mol. The minimum atomic E-state index is 0.144. The molecular formula is C16H20N6O. The van der Waals surface area contributed by atoms with Crippen molar-refractivity contribution in [3.05, 3.63) is 30.6 Å². The van der Waals surface area contributed by atoms with Crippen LogP contribution in [0.5, 0.6) is 0 Å². The maximum Gasteiger partial charge on any atom is 0.224 e. The molecule has 2 aliphatic rings. The number of aliphatic hydroxyl groups is 1. The van der Waals surface area contributed by atoms with Crippen LogP contribution in [-0.4, -0.2) is 37.3 Å². The van der Waals surface area contributed by atoms with Crippen molar-refractivity contribution in [1.29, 1.82) is 0 Å². The van der Waals surface area contributed by atoms with Crippen molar-refractivity contribution in [1.82, 2.24) is 19.5 Å². The van der Waals surface area contributed by atoms with Crippen molar-refractivity contribution < 1.29 is 5.11 Å². The molecule has 4 rings (SSSR count). The first-order valence-electron chi connectivity index (χ1n) is 7.97. The van der Waals surface area contributed by atoms with E-state index in [1.807, 2.05) is 10.6 Å². The average Bonchev–Trinajstić information content (AvgIpc) is 3.26. The number of hydrogen-bond acceptors (Lipinski definition) is 6. The molecule has 4 N–H and O–H groups in total. The van der Waals surface area contributed by atoms with E-state index in [2.05, 4.69) is 38.5 Å².